The van der Waals surface area contributed by atoms with E-state index in [4.69, 9.17) is 0 Å². The fourth-order valence-electron chi connectivity index (χ4n) is 4.04. The third kappa shape index (κ3) is 5.70. The van der Waals surface area contributed by atoms with Crippen LogP contribution >= 0.6 is 0 Å². The highest BCUT2D eigenvalue weighted by Gasteiger charge is 2.30. The number of nitrogens with zero attached hydrogens (tertiary/aromatic N) is 1. The molecule has 0 unspecified atom stereocenters. The molecule has 1 aromatic heterocycles. The maximum absolute atomic E-state index is 12.9. The maximum Gasteiger partial charge on any atom is 0.416 e. The van der Waals surface area contributed by atoms with E-state index in [0.717, 1.165) is 11.6 Å². The van der Waals surface area contributed by atoms with Crippen LogP contribution in [0.3, 0.4) is 0 Å². The lowest BCUT2D eigenvalue weighted by atomic mass is 10.0. The quantitative estimate of drug-likeness (QED) is 0.597. The van der Waals surface area contributed by atoms with E-state index in [1.165, 1.54) is 18.2 Å². The Balaban J connectivity index is 1.32. The van der Waals surface area contributed by atoms with Gasteiger partial charge in [0, 0.05) is 31.4 Å². The number of H-pyrrole nitrogens is 1. The van der Waals surface area contributed by atoms with Gasteiger partial charge < -0.3 is 10.3 Å². The van der Waals surface area contributed by atoms with E-state index in [-0.39, 0.29) is 11.6 Å². The fraction of sp³-hybridized carbons (Fsp3) is 0.280. The number of benzene rings is 2. The van der Waals surface area contributed by atoms with Crippen LogP contribution in [0.25, 0.3) is 11.3 Å². The average Bonchev–Trinajstić information content (AvgIpc) is 2.80. The number of carbonyl (C=O) groups excluding carboxylic acids is 1. The van der Waals surface area contributed by atoms with Crippen molar-refractivity contribution in [1.82, 2.24) is 15.2 Å². The minimum Gasteiger partial charge on any atom is -0.349 e. The van der Waals surface area contributed by atoms with Gasteiger partial charge in [0.25, 0.3) is 11.5 Å². The second-order valence-electron chi connectivity index (χ2n) is 8.20. The second kappa shape index (κ2) is 9.62. The lowest BCUT2D eigenvalue weighted by Gasteiger charge is -2.32. The molecule has 0 bridgehead atoms. The Morgan fingerprint density at radius 3 is 2.39 bits per heavy atom. The van der Waals surface area contributed by atoms with E-state index in [0.29, 0.717) is 43.7 Å². The molecule has 172 valence electrons. The number of halogens is 3. The molecule has 4 rings (SSSR count). The normalized spacial score (nSPS) is 15.4. The highest BCUT2D eigenvalue weighted by atomic mass is 19.4. The molecule has 2 N–H and O–H groups in total. The molecule has 1 aliphatic rings. The van der Waals surface area contributed by atoms with Crippen LogP contribution in [-0.2, 0) is 12.7 Å². The molecular weight excluding hydrogens is 431 g/mol. The number of nitrogens with one attached hydrogen (secondary N) is 2. The standard InChI is InChI=1S/C25H24F3N3O2/c26-25(27,28)19-8-4-5-17(15-19)16-31-13-11-20(12-14-31)29-23(32)21-9-10-22(30-24(21)33)18-6-2-1-3-7-18/h1-10,15,20H,11-14,16H2,(H,29,32)(H,30,33). The summed E-state index contributed by atoms with van der Waals surface area (Å²) in [5.74, 6) is -0.424. The van der Waals surface area contributed by atoms with Crippen LogP contribution < -0.4 is 10.9 Å². The van der Waals surface area contributed by atoms with Crippen molar-refractivity contribution in [3.8, 4) is 11.3 Å². The van der Waals surface area contributed by atoms with Gasteiger partial charge in [0.1, 0.15) is 5.56 Å². The zero-order valence-electron chi connectivity index (χ0n) is 17.9. The summed E-state index contributed by atoms with van der Waals surface area (Å²) >= 11 is 0. The van der Waals surface area contributed by atoms with Gasteiger partial charge in [-0.1, -0.05) is 48.5 Å². The van der Waals surface area contributed by atoms with Gasteiger partial charge in [-0.3, -0.25) is 14.5 Å². The van der Waals surface area contributed by atoms with Crippen LogP contribution in [-0.4, -0.2) is 34.9 Å². The number of aromatic amines is 1. The second-order valence-corrected chi connectivity index (χ2v) is 8.20. The van der Waals surface area contributed by atoms with Crippen LogP contribution in [0, 0.1) is 0 Å². The Kier molecular flexibility index (Phi) is 6.65. The topological polar surface area (TPSA) is 65.2 Å². The van der Waals surface area contributed by atoms with E-state index in [2.05, 4.69) is 15.2 Å². The highest BCUT2D eigenvalue weighted by molar-refractivity contribution is 5.94. The number of carbonyl (C=O) groups is 1. The summed E-state index contributed by atoms with van der Waals surface area (Å²) in [6.07, 6.45) is -3.04. The first-order valence-electron chi connectivity index (χ1n) is 10.8. The van der Waals surface area contributed by atoms with E-state index in [1.54, 1.807) is 12.1 Å². The number of hydrogen-bond acceptors (Lipinski definition) is 3. The summed E-state index contributed by atoms with van der Waals surface area (Å²) < 4.78 is 38.8. The summed E-state index contributed by atoms with van der Waals surface area (Å²) in [6.45, 7) is 1.71. The maximum atomic E-state index is 12.9. The third-order valence-electron chi connectivity index (χ3n) is 5.82. The molecule has 1 aliphatic heterocycles. The number of amides is 1. The van der Waals surface area contributed by atoms with Gasteiger partial charge in [0.2, 0.25) is 0 Å². The van der Waals surface area contributed by atoms with Gasteiger partial charge in [-0.05, 0) is 42.2 Å². The zero-order valence-corrected chi connectivity index (χ0v) is 17.9. The van der Waals surface area contributed by atoms with E-state index >= 15 is 0 Å². The molecule has 0 atom stereocenters. The molecule has 0 aliphatic carbocycles. The molecule has 1 fully saturated rings. The monoisotopic (exact) mass is 455 g/mol. The summed E-state index contributed by atoms with van der Waals surface area (Å²) in [6, 6.07) is 17.9. The molecule has 3 aromatic rings. The molecular formula is C25H24F3N3O2. The number of hydrogen-bond donors (Lipinski definition) is 2. The average molecular weight is 455 g/mol. The van der Waals surface area contributed by atoms with Crippen molar-refractivity contribution in [3.63, 3.8) is 0 Å². The zero-order chi connectivity index (χ0) is 23.4. The first-order chi connectivity index (χ1) is 15.8. The SMILES string of the molecule is O=C(NC1CCN(Cc2cccc(C(F)(F)F)c2)CC1)c1ccc(-c2ccccc2)[nH]c1=O. The molecule has 0 saturated carbocycles. The molecule has 2 aromatic carbocycles. The largest absolute Gasteiger partial charge is 0.416 e. The number of likely N-dealkylation sites (tertiary alicyclic amines) is 1. The molecule has 33 heavy (non-hydrogen) atoms. The number of rotatable bonds is 5. The predicted octanol–water partition coefficient (Wildman–Crippen LogP) is 4.46. The lowest BCUT2D eigenvalue weighted by molar-refractivity contribution is -0.137. The number of alkyl halides is 3. The molecule has 1 saturated heterocycles. The molecule has 5 nitrogen and oxygen atoms in total. The minimum absolute atomic E-state index is 0.0566. The van der Waals surface area contributed by atoms with Gasteiger partial charge >= 0.3 is 6.18 Å². The molecule has 2 heterocycles. The summed E-state index contributed by atoms with van der Waals surface area (Å²) in [5, 5.41) is 2.91. The van der Waals surface area contributed by atoms with Crippen LogP contribution in [0.1, 0.15) is 34.3 Å². The van der Waals surface area contributed by atoms with E-state index < -0.39 is 23.2 Å². The number of piperidine rings is 1. The van der Waals surface area contributed by atoms with Crippen molar-refractivity contribution in [2.75, 3.05) is 13.1 Å². The van der Waals surface area contributed by atoms with Crippen LogP contribution in [0.2, 0.25) is 0 Å². The predicted molar refractivity (Wildman–Crippen MR) is 120 cm³/mol. The van der Waals surface area contributed by atoms with Gasteiger partial charge in [-0.15, -0.1) is 0 Å². The Labute approximate surface area is 189 Å². The summed E-state index contributed by atoms with van der Waals surface area (Å²) in [4.78, 5) is 29.9. The van der Waals surface area contributed by atoms with Crippen molar-refractivity contribution >= 4 is 5.91 Å². The Bertz CT molecular complexity index is 1170. The van der Waals surface area contributed by atoms with Crippen LogP contribution in [0.4, 0.5) is 13.2 Å². The Morgan fingerprint density at radius 1 is 1.00 bits per heavy atom. The van der Waals surface area contributed by atoms with Crippen LogP contribution in [0.5, 0.6) is 0 Å². The molecule has 1 amide bonds. The molecule has 0 spiro atoms. The molecule has 0 radical (unpaired) electrons. The number of pyridine rings is 1. The van der Waals surface area contributed by atoms with Crippen LogP contribution in [0.15, 0.2) is 71.5 Å². The first-order valence-corrected chi connectivity index (χ1v) is 10.8. The fourth-order valence-corrected chi connectivity index (χ4v) is 4.04. The van der Waals surface area contributed by atoms with Gasteiger partial charge in [0.15, 0.2) is 0 Å². The van der Waals surface area contributed by atoms with Gasteiger partial charge in [-0.25, -0.2) is 0 Å². The van der Waals surface area contributed by atoms with Crippen molar-refractivity contribution < 1.29 is 18.0 Å². The van der Waals surface area contributed by atoms with E-state index in [9.17, 15) is 22.8 Å². The van der Waals surface area contributed by atoms with Crippen molar-refractivity contribution in [2.45, 2.75) is 31.6 Å². The third-order valence-corrected chi connectivity index (χ3v) is 5.82. The van der Waals surface area contributed by atoms with Gasteiger partial charge in [0.05, 0.1) is 5.56 Å². The molecule has 8 heteroatoms. The van der Waals surface area contributed by atoms with Crippen molar-refractivity contribution in [2.24, 2.45) is 0 Å². The Hall–Kier alpha value is -3.39. The first kappa shape index (κ1) is 22.8. The van der Waals surface area contributed by atoms with E-state index in [1.807, 2.05) is 30.3 Å². The number of aromatic nitrogens is 1. The smallest absolute Gasteiger partial charge is 0.349 e. The van der Waals surface area contributed by atoms with Crippen molar-refractivity contribution in [3.05, 3.63) is 93.8 Å². The summed E-state index contributed by atoms with van der Waals surface area (Å²) in [5.41, 5.74) is 1.06. The highest BCUT2D eigenvalue weighted by Crippen LogP contribution is 2.30. The Morgan fingerprint density at radius 2 is 1.73 bits per heavy atom. The van der Waals surface area contributed by atoms with Gasteiger partial charge in [-0.2, -0.15) is 13.2 Å². The summed E-state index contributed by atoms with van der Waals surface area (Å²) in [7, 11) is 0. The van der Waals surface area contributed by atoms with Crippen molar-refractivity contribution in [1.29, 1.82) is 0 Å². The lowest BCUT2D eigenvalue weighted by Crippen LogP contribution is -2.45. The minimum atomic E-state index is -4.36.